The van der Waals surface area contributed by atoms with Crippen LogP contribution in [0.15, 0.2) is 48.8 Å². The first-order valence-corrected chi connectivity index (χ1v) is 10.2. The molecule has 0 spiro atoms. The fraction of sp³-hybridized carbons (Fsp3) is 0.400. The van der Waals surface area contributed by atoms with Gasteiger partial charge in [-0.2, -0.15) is 0 Å². The van der Waals surface area contributed by atoms with E-state index in [4.69, 9.17) is 0 Å². The van der Waals surface area contributed by atoms with E-state index in [1.807, 2.05) is 24.4 Å². The summed E-state index contributed by atoms with van der Waals surface area (Å²) in [5.41, 5.74) is 6.35. The van der Waals surface area contributed by atoms with Gasteiger partial charge < -0.3 is 4.57 Å². The summed E-state index contributed by atoms with van der Waals surface area (Å²) < 4.78 is 2.20. The normalized spacial score (nSPS) is 11.9. The van der Waals surface area contributed by atoms with Crippen LogP contribution < -0.4 is 0 Å². The molecule has 3 rings (SSSR count). The van der Waals surface area contributed by atoms with E-state index < -0.39 is 0 Å². The van der Waals surface area contributed by atoms with Gasteiger partial charge in [0, 0.05) is 38.2 Å². The fourth-order valence-corrected chi connectivity index (χ4v) is 4.04. The van der Waals surface area contributed by atoms with E-state index >= 15 is 0 Å². The van der Waals surface area contributed by atoms with Gasteiger partial charge in [-0.3, -0.25) is 4.98 Å². The van der Waals surface area contributed by atoms with Crippen molar-refractivity contribution in [3.8, 4) is 17.1 Å². The Balaban J connectivity index is 0.00000280. The molecule has 1 atom stereocenters. The van der Waals surface area contributed by atoms with Crippen LogP contribution in [0.2, 0.25) is 0 Å². The number of hydrogen-bond acceptors (Lipinski definition) is 1. The molecule has 0 aliphatic carbocycles. The molecule has 2 aromatic carbocycles. The monoisotopic (exact) mass is 552 g/mol. The van der Waals surface area contributed by atoms with E-state index in [0.717, 1.165) is 17.3 Å². The molecule has 28 heavy (non-hydrogen) atoms. The van der Waals surface area contributed by atoms with Crippen LogP contribution in [0.3, 0.4) is 0 Å². The molecular formula is C25H31IrN2-. The minimum atomic E-state index is 0. The molecule has 0 saturated carbocycles. The van der Waals surface area contributed by atoms with Crippen LogP contribution in [0.5, 0.6) is 0 Å². The van der Waals surface area contributed by atoms with Crippen molar-refractivity contribution in [1.29, 1.82) is 0 Å². The van der Waals surface area contributed by atoms with E-state index in [1.165, 1.54) is 54.5 Å². The average Bonchev–Trinajstić information content (AvgIpc) is 3.14. The van der Waals surface area contributed by atoms with Crippen molar-refractivity contribution >= 4 is 0 Å². The van der Waals surface area contributed by atoms with E-state index in [2.05, 4.69) is 67.7 Å². The Morgan fingerprint density at radius 1 is 1.11 bits per heavy atom. The summed E-state index contributed by atoms with van der Waals surface area (Å²) in [6.45, 7) is 9.04. The molecule has 0 N–H and O–H groups in total. The van der Waals surface area contributed by atoms with Gasteiger partial charge in [0.2, 0.25) is 0 Å². The summed E-state index contributed by atoms with van der Waals surface area (Å²) in [5.74, 6) is 1.74. The Bertz CT molecular complexity index is 844. The summed E-state index contributed by atoms with van der Waals surface area (Å²) in [7, 11) is 0. The van der Waals surface area contributed by atoms with Gasteiger partial charge in [-0.1, -0.05) is 51.7 Å². The van der Waals surface area contributed by atoms with Crippen LogP contribution in [0.25, 0.3) is 17.1 Å². The zero-order valence-electron chi connectivity index (χ0n) is 17.5. The van der Waals surface area contributed by atoms with Gasteiger partial charge in [-0.05, 0) is 42.9 Å². The number of nitrogens with zero attached hydrogens (tertiary/aromatic N) is 2. The number of benzene rings is 2. The van der Waals surface area contributed by atoms with Crippen molar-refractivity contribution in [2.75, 3.05) is 0 Å². The number of hydrogen-bond donors (Lipinski definition) is 0. The van der Waals surface area contributed by atoms with Gasteiger partial charge in [-0.15, -0.1) is 35.9 Å². The van der Waals surface area contributed by atoms with E-state index in [-0.39, 0.29) is 20.1 Å². The molecule has 1 heterocycles. The van der Waals surface area contributed by atoms with E-state index in [0.29, 0.717) is 0 Å². The molecule has 2 nitrogen and oxygen atoms in total. The number of aryl methyl sites for hydroxylation is 2. The predicted octanol–water partition coefficient (Wildman–Crippen LogP) is 6.71. The molecule has 1 unspecified atom stereocenters. The number of rotatable bonds is 8. The first-order chi connectivity index (χ1) is 13.1. The van der Waals surface area contributed by atoms with E-state index in [9.17, 15) is 0 Å². The Hall–Kier alpha value is -1.70. The maximum Gasteiger partial charge on any atom is 0.0602 e. The van der Waals surface area contributed by atoms with Crippen molar-refractivity contribution < 1.29 is 20.1 Å². The zero-order valence-corrected chi connectivity index (χ0v) is 19.9. The molecule has 0 amide bonds. The number of aromatic nitrogens is 2. The van der Waals surface area contributed by atoms with E-state index in [1.54, 1.807) is 0 Å². The summed E-state index contributed by atoms with van der Waals surface area (Å²) in [5, 5.41) is 0. The van der Waals surface area contributed by atoms with Crippen LogP contribution >= 0.6 is 0 Å². The Morgan fingerprint density at radius 2 is 1.86 bits per heavy atom. The molecular weight excluding hydrogens is 521 g/mol. The first-order valence-electron chi connectivity index (χ1n) is 10.2. The molecule has 3 aromatic rings. The maximum absolute atomic E-state index is 4.59. The third kappa shape index (κ3) is 5.21. The summed E-state index contributed by atoms with van der Waals surface area (Å²) in [4.78, 5) is 4.59. The largest absolute Gasteiger partial charge is 0.340 e. The minimum Gasteiger partial charge on any atom is -0.340 e. The van der Waals surface area contributed by atoms with Crippen molar-refractivity contribution in [3.63, 3.8) is 0 Å². The summed E-state index contributed by atoms with van der Waals surface area (Å²) >= 11 is 0. The molecule has 0 fully saturated rings. The molecule has 0 aliphatic heterocycles. The molecule has 0 aliphatic rings. The standard InChI is InChI=1S/C25H31N2.Ir/c1-5-7-11-21(6-2)18-22-16-19(3)24(20(4)17-22)27-15-14-26-25(27)23-12-9-8-10-13-23;/h8-10,12,14-17,21H,5-7,11,18H2,1-4H3;/q-1;. The Kier molecular flexibility index (Phi) is 8.66. The SMILES string of the molecule is CCCCC(CC)Cc1cc(C)c(-n2ccnc2-c2[c-]cccc2)c(C)c1.[Ir]. The third-order valence-corrected chi connectivity index (χ3v) is 5.45. The maximum atomic E-state index is 4.59. The van der Waals surface area contributed by atoms with Gasteiger partial charge in [0.25, 0.3) is 0 Å². The molecule has 1 aromatic heterocycles. The first kappa shape index (κ1) is 22.6. The van der Waals surface area contributed by atoms with Crippen LogP contribution in [0, 0.1) is 25.8 Å². The Labute approximate surface area is 183 Å². The molecule has 151 valence electrons. The van der Waals surface area contributed by atoms with Gasteiger partial charge in [0.15, 0.2) is 0 Å². The second-order valence-corrected chi connectivity index (χ2v) is 7.60. The minimum absolute atomic E-state index is 0. The van der Waals surface area contributed by atoms with Crippen molar-refractivity contribution in [2.24, 2.45) is 5.92 Å². The van der Waals surface area contributed by atoms with Crippen LogP contribution in [-0.2, 0) is 26.5 Å². The van der Waals surface area contributed by atoms with Gasteiger partial charge >= 0.3 is 0 Å². The second-order valence-electron chi connectivity index (χ2n) is 7.60. The third-order valence-electron chi connectivity index (χ3n) is 5.45. The van der Waals surface area contributed by atoms with Crippen LogP contribution in [0.4, 0.5) is 0 Å². The average molecular weight is 552 g/mol. The number of imidazole rings is 1. The van der Waals surface area contributed by atoms with Crippen LogP contribution in [0.1, 0.15) is 56.2 Å². The van der Waals surface area contributed by atoms with Gasteiger partial charge in [-0.25, -0.2) is 0 Å². The van der Waals surface area contributed by atoms with Gasteiger partial charge in [0.05, 0.1) is 5.82 Å². The van der Waals surface area contributed by atoms with Crippen molar-refractivity contribution in [3.05, 3.63) is 71.5 Å². The van der Waals surface area contributed by atoms with Gasteiger partial charge in [0.1, 0.15) is 0 Å². The molecule has 0 saturated heterocycles. The summed E-state index contributed by atoms with van der Waals surface area (Å²) in [6.07, 6.45) is 10.3. The zero-order chi connectivity index (χ0) is 19.2. The van der Waals surface area contributed by atoms with Crippen molar-refractivity contribution in [1.82, 2.24) is 9.55 Å². The molecule has 3 heteroatoms. The smallest absolute Gasteiger partial charge is 0.0602 e. The predicted molar refractivity (Wildman–Crippen MR) is 114 cm³/mol. The summed E-state index contributed by atoms with van der Waals surface area (Å²) in [6, 6.07) is 16.1. The topological polar surface area (TPSA) is 17.8 Å². The molecule has 1 radical (unpaired) electrons. The Morgan fingerprint density at radius 3 is 2.46 bits per heavy atom. The molecule has 0 bridgehead atoms. The number of unbranched alkanes of at least 4 members (excludes halogenated alkanes) is 1. The van der Waals surface area contributed by atoms with Crippen LogP contribution in [-0.4, -0.2) is 9.55 Å². The quantitative estimate of drug-likeness (QED) is 0.285. The second kappa shape index (κ2) is 10.7. The fourth-order valence-electron chi connectivity index (χ4n) is 4.04. The van der Waals surface area contributed by atoms with Crippen molar-refractivity contribution in [2.45, 2.75) is 59.8 Å².